The summed E-state index contributed by atoms with van der Waals surface area (Å²) in [7, 11) is 1.43. The molecule has 0 unspecified atom stereocenters. The Balaban J connectivity index is 2.17. The van der Waals surface area contributed by atoms with E-state index in [2.05, 4.69) is 24.1 Å². The second kappa shape index (κ2) is 9.68. The van der Waals surface area contributed by atoms with E-state index in [4.69, 9.17) is 4.74 Å². The SMILES string of the molecule is CCN(CC)Cc1ccccc1CNC(=O)c1cc([N+](=O)[O-])ccc1OC. The molecule has 0 aliphatic heterocycles. The number of carbonyl (C=O) groups excluding carboxylic acids is 1. The first-order valence-corrected chi connectivity index (χ1v) is 8.89. The highest BCUT2D eigenvalue weighted by Gasteiger charge is 2.17. The van der Waals surface area contributed by atoms with Crippen molar-refractivity contribution in [2.75, 3.05) is 20.2 Å². The Morgan fingerprint density at radius 3 is 2.41 bits per heavy atom. The fourth-order valence-corrected chi connectivity index (χ4v) is 2.83. The van der Waals surface area contributed by atoms with Crippen LogP contribution < -0.4 is 10.1 Å². The predicted octanol–water partition coefficient (Wildman–Crippen LogP) is 3.38. The van der Waals surface area contributed by atoms with E-state index in [0.29, 0.717) is 12.3 Å². The standard InChI is InChI=1S/C20H25N3O4/c1-4-22(5-2)14-16-9-7-6-8-15(16)13-21-20(24)18-12-17(23(25)26)10-11-19(18)27-3/h6-12H,4-5,13-14H2,1-3H3,(H,21,24). The lowest BCUT2D eigenvalue weighted by Gasteiger charge is -2.20. The summed E-state index contributed by atoms with van der Waals surface area (Å²) in [6, 6.07) is 11.9. The maximum atomic E-state index is 12.6. The summed E-state index contributed by atoms with van der Waals surface area (Å²) < 4.78 is 5.17. The lowest BCUT2D eigenvalue weighted by atomic mass is 10.1. The lowest BCUT2D eigenvalue weighted by Crippen LogP contribution is -2.26. The van der Waals surface area contributed by atoms with Gasteiger partial charge in [-0.2, -0.15) is 0 Å². The number of rotatable bonds is 9. The fraction of sp³-hybridized carbons (Fsp3) is 0.350. The summed E-state index contributed by atoms with van der Waals surface area (Å²) in [4.78, 5) is 25.3. The Kier molecular flexibility index (Phi) is 7.31. The highest BCUT2D eigenvalue weighted by molar-refractivity contribution is 5.97. The molecule has 0 radical (unpaired) electrons. The maximum absolute atomic E-state index is 12.6. The van der Waals surface area contributed by atoms with Gasteiger partial charge in [0, 0.05) is 25.2 Å². The Hall–Kier alpha value is -2.93. The lowest BCUT2D eigenvalue weighted by molar-refractivity contribution is -0.384. The minimum atomic E-state index is -0.532. The van der Waals surface area contributed by atoms with Crippen molar-refractivity contribution >= 4 is 11.6 Å². The molecule has 7 nitrogen and oxygen atoms in total. The second-order valence-electron chi connectivity index (χ2n) is 6.05. The zero-order chi connectivity index (χ0) is 19.8. The van der Waals surface area contributed by atoms with Crippen molar-refractivity contribution < 1.29 is 14.5 Å². The van der Waals surface area contributed by atoms with Crippen LogP contribution in [-0.4, -0.2) is 35.9 Å². The van der Waals surface area contributed by atoms with E-state index >= 15 is 0 Å². The summed E-state index contributed by atoms with van der Waals surface area (Å²) in [5, 5.41) is 13.8. The summed E-state index contributed by atoms with van der Waals surface area (Å²) in [6.07, 6.45) is 0. The van der Waals surface area contributed by atoms with Crippen LogP contribution in [0.25, 0.3) is 0 Å². The van der Waals surface area contributed by atoms with Gasteiger partial charge in [0.2, 0.25) is 0 Å². The van der Waals surface area contributed by atoms with E-state index in [9.17, 15) is 14.9 Å². The molecule has 0 saturated carbocycles. The Morgan fingerprint density at radius 2 is 1.81 bits per heavy atom. The fourth-order valence-electron chi connectivity index (χ4n) is 2.83. The van der Waals surface area contributed by atoms with Gasteiger partial charge in [0.05, 0.1) is 17.6 Å². The van der Waals surface area contributed by atoms with Crippen LogP contribution in [0.2, 0.25) is 0 Å². The first kappa shape index (κ1) is 20.4. The van der Waals surface area contributed by atoms with Crippen molar-refractivity contribution in [2.24, 2.45) is 0 Å². The van der Waals surface area contributed by atoms with Crippen LogP contribution in [0.1, 0.15) is 35.3 Å². The van der Waals surface area contributed by atoms with Crippen LogP contribution in [0, 0.1) is 10.1 Å². The molecule has 27 heavy (non-hydrogen) atoms. The molecule has 0 aromatic heterocycles. The van der Waals surface area contributed by atoms with Crippen LogP contribution in [0.3, 0.4) is 0 Å². The third-order valence-corrected chi connectivity index (χ3v) is 4.48. The van der Waals surface area contributed by atoms with Crippen molar-refractivity contribution in [1.29, 1.82) is 0 Å². The number of hydrogen-bond donors (Lipinski definition) is 1. The Labute approximate surface area is 159 Å². The van der Waals surface area contributed by atoms with Crippen LogP contribution in [0.5, 0.6) is 5.75 Å². The molecule has 0 saturated heterocycles. The molecule has 2 aromatic carbocycles. The van der Waals surface area contributed by atoms with Gasteiger partial charge in [-0.3, -0.25) is 19.8 Å². The number of nitro groups is 1. The Bertz CT molecular complexity index is 804. The van der Waals surface area contributed by atoms with Gasteiger partial charge in [0.1, 0.15) is 5.75 Å². The largest absolute Gasteiger partial charge is 0.496 e. The molecule has 0 atom stereocenters. The van der Waals surface area contributed by atoms with E-state index < -0.39 is 10.8 Å². The normalized spacial score (nSPS) is 10.7. The number of amides is 1. The zero-order valence-electron chi connectivity index (χ0n) is 15.9. The number of carbonyl (C=O) groups is 1. The molecule has 0 spiro atoms. The second-order valence-corrected chi connectivity index (χ2v) is 6.05. The van der Waals surface area contributed by atoms with Gasteiger partial charge in [0.25, 0.3) is 11.6 Å². The number of nitrogens with zero attached hydrogens (tertiary/aromatic N) is 2. The first-order chi connectivity index (χ1) is 13.0. The molecular formula is C20H25N3O4. The molecule has 0 aliphatic rings. The van der Waals surface area contributed by atoms with E-state index in [1.54, 1.807) is 0 Å². The summed E-state index contributed by atoms with van der Waals surface area (Å²) >= 11 is 0. The molecular weight excluding hydrogens is 346 g/mol. The van der Waals surface area contributed by atoms with Gasteiger partial charge in [-0.05, 0) is 30.3 Å². The molecule has 0 heterocycles. The Morgan fingerprint density at radius 1 is 1.15 bits per heavy atom. The maximum Gasteiger partial charge on any atom is 0.270 e. The van der Waals surface area contributed by atoms with E-state index in [0.717, 1.165) is 30.8 Å². The average molecular weight is 371 g/mol. The third kappa shape index (κ3) is 5.27. The van der Waals surface area contributed by atoms with E-state index in [-0.39, 0.29) is 11.3 Å². The molecule has 0 fully saturated rings. The number of nitrogens with one attached hydrogen (secondary N) is 1. The smallest absolute Gasteiger partial charge is 0.270 e. The molecule has 7 heteroatoms. The van der Waals surface area contributed by atoms with Gasteiger partial charge in [-0.1, -0.05) is 38.1 Å². The van der Waals surface area contributed by atoms with Crippen LogP contribution in [-0.2, 0) is 13.1 Å². The van der Waals surface area contributed by atoms with Crippen molar-refractivity contribution in [3.8, 4) is 5.75 Å². The highest BCUT2D eigenvalue weighted by atomic mass is 16.6. The topological polar surface area (TPSA) is 84.7 Å². The van der Waals surface area contributed by atoms with Crippen molar-refractivity contribution in [3.63, 3.8) is 0 Å². The molecule has 1 N–H and O–H groups in total. The minimum absolute atomic E-state index is 0.146. The highest BCUT2D eigenvalue weighted by Crippen LogP contribution is 2.24. The summed E-state index contributed by atoms with van der Waals surface area (Å²) in [6.45, 7) is 7.26. The zero-order valence-corrected chi connectivity index (χ0v) is 15.9. The van der Waals surface area contributed by atoms with E-state index in [1.807, 2.05) is 24.3 Å². The van der Waals surface area contributed by atoms with Crippen LogP contribution in [0.15, 0.2) is 42.5 Å². The van der Waals surface area contributed by atoms with Crippen molar-refractivity contribution in [3.05, 3.63) is 69.3 Å². The molecule has 2 rings (SSSR count). The predicted molar refractivity (Wildman–Crippen MR) is 104 cm³/mol. The molecule has 0 bridgehead atoms. The van der Waals surface area contributed by atoms with Gasteiger partial charge in [-0.15, -0.1) is 0 Å². The number of ether oxygens (including phenoxy) is 1. The van der Waals surface area contributed by atoms with Crippen molar-refractivity contribution in [2.45, 2.75) is 26.9 Å². The summed E-state index contributed by atoms with van der Waals surface area (Å²) in [5.74, 6) is -0.109. The number of benzene rings is 2. The van der Waals surface area contributed by atoms with Gasteiger partial charge < -0.3 is 10.1 Å². The minimum Gasteiger partial charge on any atom is -0.496 e. The van der Waals surface area contributed by atoms with Gasteiger partial charge >= 0.3 is 0 Å². The number of non-ortho nitro benzene ring substituents is 1. The van der Waals surface area contributed by atoms with Gasteiger partial charge in [0.15, 0.2) is 0 Å². The van der Waals surface area contributed by atoms with Crippen LogP contribution in [0.4, 0.5) is 5.69 Å². The molecule has 144 valence electrons. The quantitative estimate of drug-likeness (QED) is 0.540. The van der Waals surface area contributed by atoms with E-state index in [1.165, 1.54) is 25.3 Å². The van der Waals surface area contributed by atoms with Crippen LogP contribution >= 0.6 is 0 Å². The van der Waals surface area contributed by atoms with Crippen molar-refractivity contribution in [1.82, 2.24) is 10.2 Å². The number of nitro benzene ring substituents is 1. The number of hydrogen-bond acceptors (Lipinski definition) is 5. The summed E-state index contributed by atoms with van der Waals surface area (Å²) in [5.41, 5.74) is 2.16. The third-order valence-electron chi connectivity index (χ3n) is 4.48. The molecule has 1 amide bonds. The monoisotopic (exact) mass is 371 g/mol. The van der Waals surface area contributed by atoms with Gasteiger partial charge in [-0.25, -0.2) is 0 Å². The average Bonchev–Trinajstić information content (AvgIpc) is 2.70. The molecule has 0 aliphatic carbocycles. The number of methoxy groups -OCH3 is 1. The molecule has 2 aromatic rings. The first-order valence-electron chi connectivity index (χ1n) is 8.89.